The number of carbonyl (C=O) groups is 2. The molecule has 0 saturated carbocycles. The third-order valence-electron chi connectivity index (χ3n) is 3.20. The van der Waals surface area contributed by atoms with Gasteiger partial charge in [0.25, 0.3) is 5.91 Å². The highest BCUT2D eigenvalue weighted by atomic mass is 16.2. The molecule has 2 aromatic heterocycles. The SMILES string of the molecule is Cc1cc(C(=O)NCC(=O)NC(C)C)c2c(C)nn(C)c2n1. The zero-order chi connectivity index (χ0) is 16.4. The van der Waals surface area contributed by atoms with Crippen molar-refractivity contribution in [3.8, 4) is 0 Å². The van der Waals surface area contributed by atoms with Crippen LogP contribution in [0.3, 0.4) is 0 Å². The van der Waals surface area contributed by atoms with E-state index in [1.807, 2.05) is 27.7 Å². The monoisotopic (exact) mass is 303 g/mol. The third kappa shape index (κ3) is 3.24. The lowest BCUT2D eigenvalue weighted by Gasteiger charge is -2.10. The molecular formula is C15H21N5O2. The first-order valence-corrected chi connectivity index (χ1v) is 7.18. The Morgan fingerprint density at radius 1 is 1.32 bits per heavy atom. The zero-order valence-corrected chi connectivity index (χ0v) is 13.5. The van der Waals surface area contributed by atoms with Gasteiger partial charge in [-0.3, -0.25) is 14.3 Å². The molecule has 0 aromatic carbocycles. The average Bonchev–Trinajstić information content (AvgIpc) is 2.69. The Labute approximate surface area is 129 Å². The molecule has 2 rings (SSSR count). The van der Waals surface area contributed by atoms with Crippen molar-refractivity contribution < 1.29 is 9.59 Å². The quantitative estimate of drug-likeness (QED) is 0.876. The summed E-state index contributed by atoms with van der Waals surface area (Å²) in [7, 11) is 1.79. The number of fused-ring (bicyclic) bond motifs is 1. The topological polar surface area (TPSA) is 88.9 Å². The molecule has 0 aliphatic carbocycles. The van der Waals surface area contributed by atoms with Gasteiger partial charge in [0.15, 0.2) is 5.65 Å². The van der Waals surface area contributed by atoms with Gasteiger partial charge in [0.05, 0.1) is 23.2 Å². The summed E-state index contributed by atoms with van der Waals surface area (Å²) in [6.07, 6.45) is 0. The van der Waals surface area contributed by atoms with Crippen molar-refractivity contribution in [2.24, 2.45) is 7.05 Å². The minimum atomic E-state index is -0.300. The van der Waals surface area contributed by atoms with E-state index in [0.29, 0.717) is 11.2 Å². The number of hydrogen-bond acceptors (Lipinski definition) is 4. The fourth-order valence-electron chi connectivity index (χ4n) is 2.38. The molecule has 118 valence electrons. The predicted octanol–water partition coefficient (Wildman–Crippen LogP) is 0.840. The van der Waals surface area contributed by atoms with Gasteiger partial charge in [0.1, 0.15) is 0 Å². The Morgan fingerprint density at radius 3 is 2.64 bits per heavy atom. The van der Waals surface area contributed by atoms with Crippen LogP contribution in [0.25, 0.3) is 11.0 Å². The van der Waals surface area contributed by atoms with Gasteiger partial charge < -0.3 is 10.6 Å². The van der Waals surface area contributed by atoms with Gasteiger partial charge in [-0.15, -0.1) is 0 Å². The summed E-state index contributed by atoms with van der Waals surface area (Å²) < 4.78 is 1.65. The number of pyridine rings is 1. The Hall–Kier alpha value is -2.44. The highest BCUT2D eigenvalue weighted by Crippen LogP contribution is 2.21. The van der Waals surface area contributed by atoms with E-state index in [4.69, 9.17) is 0 Å². The molecule has 2 N–H and O–H groups in total. The lowest BCUT2D eigenvalue weighted by Crippen LogP contribution is -2.39. The molecule has 0 aliphatic heterocycles. The van der Waals surface area contributed by atoms with Gasteiger partial charge in [-0.2, -0.15) is 5.10 Å². The number of rotatable bonds is 4. The maximum Gasteiger partial charge on any atom is 0.252 e. The highest BCUT2D eigenvalue weighted by molar-refractivity contribution is 6.07. The van der Waals surface area contributed by atoms with E-state index in [1.165, 1.54) is 0 Å². The van der Waals surface area contributed by atoms with E-state index >= 15 is 0 Å². The number of aryl methyl sites for hydroxylation is 3. The van der Waals surface area contributed by atoms with Gasteiger partial charge in [-0.1, -0.05) is 0 Å². The number of carbonyl (C=O) groups excluding carboxylic acids is 2. The molecule has 0 saturated heterocycles. The summed E-state index contributed by atoms with van der Waals surface area (Å²) >= 11 is 0. The van der Waals surface area contributed by atoms with Crippen molar-refractivity contribution in [2.45, 2.75) is 33.7 Å². The minimum absolute atomic E-state index is 0.0415. The van der Waals surface area contributed by atoms with Crippen LogP contribution in [0.2, 0.25) is 0 Å². The van der Waals surface area contributed by atoms with E-state index < -0.39 is 0 Å². The number of nitrogens with zero attached hydrogens (tertiary/aromatic N) is 3. The third-order valence-corrected chi connectivity index (χ3v) is 3.20. The average molecular weight is 303 g/mol. The lowest BCUT2D eigenvalue weighted by atomic mass is 10.1. The molecule has 7 heteroatoms. The van der Waals surface area contributed by atoms with Crippen LogP contribution >= 0.6 is 0 Å². The Bertz CT molecular complexity index is 733. The second-order valence-corrected chi connectivity index (χ2v) is 5.62. The first-order valence-electron chi connectivity index (χ1n) is 7.18. The van der Waals surface area contributed by atoms with Crippen LogP contribution < -0.4 is 10.6 Å². The summed E-state index contributed by atoms with van der Waals surface area (Å²) in [6, 6.07) is 1.76. The molecule has 2 amide bonds. The highest BCUT2D eigenvalue weighted by Gasteiger charge is 2.18. The molecule has 0 spiro atoms. The van der Waals surface area contributed by atoms with Gasteiger partial charge in [-0.25, -0.2) is 4.98 Å². The van der Waals surface area contributed by atoms with Crippen LogP contribution in [0, 0.1) is 13.8 Å². The van der Waals surface area contributed by atoms with E-state index in [9.17, 15) is 9.59 Å². The largest absolute Gasteiger partial charge is 0.352 e. The first kappa shape index (κ1) is 15.9. The van der Waals surface area contributed by atoms with Gasteiger partial charge in [-0.05, 0) is 33.8 Å². The number of hydrogen-bond donors (Lipinski definition) is 2. The summed E-state index contributed by atoms with van der Waals surface area (Å²) in [6.45, 7) is 7.34. The van der Waals surface area contributed by atoms with Crippen molar-refractivity contribution in [2.75, 3.05) is 6.54 Å². The molecule has 0 fully saturated rings. The fourth-order valence-corrected chi connectivity index (χ4v) is 2.38. The van der Waals surface area contributed by atoms with E-state index in [0.717, 1.165) is 16.8 Å². The van der Waals surface area contributed by atoms with Gasteiger partial charge in [0.2, 0.25) is 5.91 Å². The summed E-state index contributed by atoms with van der Waals surface area (Å²) in [4.78, 5) is 28.5. The first-order chi connectivity index (χ1) is 10.3. The van der Waals surface area contributed by atoms with Crippen LogP contribution in [0.1, 0.15) is 35.6 Å². The second-order valence-electron chi connectivity index (χ2n) is 5.62. The predicted molar refractivity (Wildman–Crippen MR) is 83.6 cm³/mol. The summed E-state index contributed by atoms with van der Waals surface area (Å²) in [5.74, 6) is -0.515. The molecular weight excluding hydrogens is 282 g/mol. The molecule has 0 unspecified atom stereocenters. The van der Waals surface area contributed by atoms with Crippen molar-refractivity contribution in [1.29, 1.82) is 0 Å². The Morgan fingerprint density at radius 2 is 2.00 bits per heavy atom. The zero-order valence-electron chi connectivity index (χ0n) is 13.5. The van der Waals surface area contributed by atoms with Crippen LogP contribution in [-0.2, 0) is 11.8 Å². The standard InChI is InChI=1S/C15H21N5O2/c1-8(2)17-12(21)7-16-15(22)11-6-9(3)18-14-13(11)10(4)19-20(14)5/h6,8H,7H2,1-5H3,(H,16,22)(H,17,21). The second kappa shape index (κ2) is 6.13. The Kier molecular flexibility index (Phi) is 4.44. The van der Waals surface area contributed by atoms with E-state index in [2.05, 4.69) is 20.7 Å². The van der Waals surface area contributed by atoms with Crippen molar-refractivity contribution in [1.82, 2.24) is 25.4 Å². The van der Waals surface area contributed by atoms with Crippen LogP contribution in [0.4, 0.5) is 0 Å². The van der Waals surface area contributed by atoms with Gasteiger partial charge >= 0.3 is 0 Å². The molecule has 22 heavy (non-hydrogen) atoms. The lowest BCUT2D eigenvalue weighted by molar-refractivity contribution is -0.120. The van der Waals surface area contributed by atoms with Crippen LogP contribution in [-0.4, -0.2) is 39.2 Å². The summed E-state index contributed by atoms with van der Waals surface area (Å²) in [5.41, 5.74) is 2.62. The van der Waals surface area contributed by atoms with Crippen LogP contribution in [0.5, 0.6) is 0 Å². The number of amides is 2. The smallest absolute Gasteiger partial charge is 0.252 e. The van der Waals surface area contributed by atoms with Crippen molar-refractivity contribution in [3.63, 3.8) is 0 Å². The van der Waals surface area contributed by atoms with Crippen molar-refractivity contribution >= 4 is 22.8 Å². The van der Waals surface area contributed by atoms with Gasteiger partial charge in [0, 0.05) is 18.8 Å². The van der Waals surface area contributed by atoms with E-state index in [-0.39, 0.29) is 24.4 Å². The molecule has 0 aliphatic rings. The maximum absolute atomic E-state index is 12.4. The number of nitrogens with one attached hydrogen (secondary N) is 2. The molecule has 0 atom stereocenters. The normalized spacial score (nSPS) is 11.0. The summed E-state index contributed by atoms with van der Waals surface area (Å²) in [5, 5.41) is 10.4. The Balaban J connectivity index is 2.26. The van der Waals surface area contributed by atoms with E-state index in [1.54, 1.807) is 17.8 Å². The number of aromatic nitrogens is 3. The molecule has 2 heterocycles. The molecule has 7 nitrogen and oxygen atoms in total. The molecule has 0 radical (unpaired) electrons. The maximum atomic E-state index is 12.4. The fraction of sp³-hybridized carbons (Fsp3) is 0.467. The minimum Gasteiger partial charge on any atom is -0.352 e. The van der Waals surface area contributed by atoms with Crippen molar-refractivity contribution in [3.05, 3.63) is 23.0 Å². The van der Waals surface area contributed by atoms with Crippen LogP contribution in [0.15, 0.2) is 6.07 Å². The molecule has 2 aromatic rings. The molecule has 0 bridgehead atoms.